The topological polar surface area (TPSA) is 108 Å². The Morgan fingerprint density at radius 3 is 2.15 bits per heavy atom. The number of sulfonamides is 1. The van der Waals surface area contributed by atoms with Gasteiger partial charge in [0.25, 0.3) is 10.0 Å². The third-order valence-electron chi connectivity index (χ3n) is 3.47. The second-order valence-corrected chi connectivity index (χ2v) is 7.04. The number of carboxylic acids is 1. The first-order valence-corrected chi connectivity index (χ1v) is 9.07. The minimum atomic E-state index is -3.83. The smallest absolute Gasteiger partial charge is 0.335 e. The van der Waals surface area contributed by atoms with E-state index in [0.717, 1.165) is 5.69 Å². The lowest BCUT2D eigenvalue weighted by atomic mass is 10.2. The molecule has 0 spiro atoms. The third-order valence-corrected chi connectivity index (χ3v) is 4.87. The molecule has 7 nitrogen and oxygen atoms in total. The molecule has 0 amide bonds. The lowest BCUT2D eigenvalue weighted by Crippen LogP contribution is -2.13. The molecule has 3 aromatic rings. The fourth-order valence-corrected chi connectivity index (χ4v) is 3.23. The quantitative estimate of drug-likeness (QED) is 0.615. The largest absolute Gasteiger partial charge is 0.478 e. The Labute approximate surface area is 150 Å². The molecule has 0 aliphatic heterocycles. The van der Waals surface area contributed by atoms with Gasteiger partial charge in [-0.25, -0.2) is 18.2 Å². The molecular formula is C18H15N3O4S. The molecule has 0 unspecified atom stereocenters. The first kappa shape index (κ1) is 17.4. The molecule has 3 N–H and O–H groups in total. The minimum absolute atomic E-state index is 0.0157. The normalized spacial score (nSPS) is 10.9. The molecule has 0 saturated carbocycles. The fraction of sp³-hybridized carbons (Fsp3) is 0. The zero-order valence-electron chi connectivity index (χ0n) is 13.5. The SMILES string of the molecule is O=C(O)c1ccc(S(=O)(=O)Nc2ccc(Nc3ccccc3)nc2)cc1. The van der Waals surface area contributed by atoms with Crippen LogP contribution in [0, 0.1) is 0 Å². The predicted octanol–water partition coefficient (Wildman–Crippen LogP) is 3.32. The highest BCUT2D eigenvalue weighted by molar-refractivity contribution is 7.92. The molecule has 0 radical (unpaired) electrons. The van der Waals surface area contributed by atoms with Crippen molar-refractivity contribution in [3.8, 4) is 0 Å². The van der Waals surface area contributed by atoms with Gasteiger partial charge in [0.15, 0.2) is 0 Å². The molecule has 132 valence electrons. The summed E-state index contributed by atoms with van der Waals surface area (Å²) in [7, 11) is -3.83. The third kappa shape index (κ3) is 4.17. The molecule has 8 heteroatoms. The van der Waals surface area contributed by atoms with Crippen molar-refractivity contribution in [1.29, 1.82) is 0 Å². The maximum Gasteiger partial charge on any atom is 0.335 e. The molecule has 2 aromatic carbocycles. The van der Waals surface area contributed by atoms with Crippen molar-refractivity contribution in [3.63, 3.8) is 0 Å². The van der Waals surface area contributed by atoms with Gasteiger partial charge in [-0.2, -0.15) is 0 Å². The average molecular weight is 369 g/mol. The number of carbonyl (C=O) groups is 1. The minimum Gasteiger partial charge on any atom is -0.478 e. The summed E-state index contributed by atoms with van der Waals surface area (Å²) in [6.45, 7) is 0. The van der Waals surface area contributed by atoms with Crippen LogP contribution >= 0.6 is 0 Å². The molecule has 0 saturated heterocycles. The van der Waals surface area contributed by atoms with Gasteiger partial charge < -0.3 is 10.4 Å². The van der Waals surface area contributed by atoms with E-state index in [-0.39, 0.29) is 10.5 Å². The van der Waals surface area contributed by atoms with Crippen molar-refractivity contribution in [1.82, 2.24) is 4.98 Å². The Hall–Kier alpha value is -3.39. The lowest BCUT2D eigenvalue weighted by Gasteiger charge is -2.09. The lowest BCUT2D eigenvalue weighted by molar-refractivity contribution is 0.0696. The van der Waals surface area contributed by atoms with Crippen molar-refractivity contribution in [2.75, 3.05) is 10.0 Å². The maximum absolute atomic E-state index is 12.4. The number of pyridine rings is 1. The Morgan fingerprint density at radius 1 is 0.885 bits per heavy atom. The summed E-state index contributed by atoms with van der Waals surface area (Å²) in [6, 6.07) is 17.7. The molecule has 0 aliphatic rings. The van der Waals surface area contributed by atoms with Crippen LogP contribution < -0.4 is 10.0 Å². The summed E-state index contributed by atoms with van der Waals surface area (Å²) in [6.07, 6.45) is 1.40. The molecule has 0 fully saturated rings. The van der Waals surface area contributed by atoms with Gasteiger partial charge >= 0.3 is 5.97 Å². The number of hydrogen-bond donors (Lipinski definition) is 3. The van der Waals surface area contributed by atoms with Gasteiger partial charge in [0.05, 0.1) is 22.3 Å². The van der Waals surface area contributed by atoms with Gasteiger partial charge in [-0.05, 0) is 48.5 Å². The number of hydrogen-bond acceptors (Lipinski definition) is 5. The van der Waals surface area contributed by atoms with Crippen LogP contribution in [-0.4, -0.2) is 24.5 Å². The summed E-state index contributed by atoms with van der Waals surface area (Å²) in [5.41, 5.74) is 1.18. The van der Waals surface area contributed by atoms with E-state index in [0.29, 0.717) is 11.5 Å². The van der Waals surface area contributed by atoms with Gasteiger partial charge in [0.2, 0.25) is 0 Å². The molecule has 0 bridgehead atoms. The van der Waals surface area contributed by atoms with E-state index in [9.17, 15) is 13.2 Å². The zero-order chi connectivity index (χ0) is 18.6. The predicted molar refractivity (Wildman–Crippen MR) is 98.2 cm³/mol. The highest BCUT2D eigenvalue weighted by Crippen LogP contribution is 2.19. The fourth-order valence-electron chi connectivity index (χ4n) is 2.19. The van der Waals surface area contributed by atoms with E-state index < -0.39 is 16.0 Å². The average Bonchev–Trinajstić information content (AvgIpc) is 2.64. The number of carboxylic acid groups (broad SMARTS) is 1. The van der Waals surface area contributed by atoms with Crippen LogP contribution in [-0.2, 0) is 10.0 Å². The van der Waals surface area contributed by atoms with E-state index in [1.54, 1.807) is 12.1 Å². The van der Waals surface area contributed by atoms with Gasteiger partial charge in [0.1, 0.15) is 5.82 Å². The van der Waals surface area contributed by atoms with Gasteiger partial charge in [-0.1, -0.05) is 18.2 Å². The number of nitrogens with one attached hydrogen (secondary N) is 2. The van der Waals surface area contributed by atoms with Crippen molar-refractivity contribution < 1.29 is 18.3 Å². The van der Waals surface area contributed by atoms with Crippen LogP contribution in [0.2, 0.25) is 0 Å². The van der Waals surface area contributed by atoms with Crippen LogP contribution in [0.15, 0.2) is 77.8 Å². The summed E-state index contributed by atoms with van der Waals surface area (Å²) in [5, 5.41) is 12.0. The summed E-state index contributed by atoms with van der Waals surface area (Å²) >= 11 is 0. The Bertz CT molecular complexity index is 1000. The highest BCUT2D eigenvalue weighted by Gasteiger charge is 2.15. The molecule has 26 heavy (non-hydrogen) atoms. The van der Waals surface area contributed by atoms with E-state index in [4.69, 9.17) is 5.11 Å². The van der Waals surface area contributed by atoms with Crippen molar-refractivity contribution >= 4 is 33.2 Å². The molecule has 1 aromatic heterocycles. The van der Waals surface area contributed by atoms with Crippen LogP contribution in [0.3, 0.4) is 0 Å². The molecule has 0 aliphatic carbocycles. The Balaban J connectivity index is 1.72. The van der Waals surface area contributed by atoms with E-state index >= 15 is 0 Å². The van der Waals surface area contributed by atoms with E-state index in [2.05, 4.69) is 15.0 Å². The number of rotatable bonds is 6. The first-order chi connectivity index (χ1) is 12.4. The number of aromatic nitrogens is 1. The molecular weight excluding hydrogens is 354 g/mol. The van der Waals surface area contributed by atoms with Gasteiger partial charge in [0, 0.05) is 5.69 Å². The number of benzene rings is 2. The highest BCUT2D eigenvalue weighted by atomic mass is 32.2. The Kier molecular flexibility index (Phi) is 4.85. The molecule has 3 rings (SSSR count). The number of para-hydroxylation sites is 1. The summed E-state index contributed by atoms with van der Waals surface area (Å²) in [4.78, 5) is 15.0. The van der Waals surface area contributed by atoms with Crippen LogP contribution in [0.4, 0.5) is 17.2 Å². The Morgan fingerprint density at radius 2 is 1.58 bits per heavy atom. The van der Waals surface area contributed by atoms with E-state index in [1.165, 1.54) is 30.5 Å². The molecule has 1 heterocycles. The summed E-state index contributed by atoms with van der Waals surface area (Å²) < 4.78 is 27.1. The van der Waals surface area contributed by atoms with Crippen LogP contribution in [0.25, 0.3) is 0 Å². The number of nitrogens with zero attached hydrogens (tertiary/aromatic N) is 1. The second kappa shape index (κ2) is 7.24. The number of anilines is 3. The standard InChI is InChI=1S/C18H15N3O4S/c22-18(23)13-6-9-16(10-7-13)26(24,25)21-15-8-11-17(19-12-15)20-14-4-2-1-3-5-14/h1-12,21H,(H,19,20)(H,22,23). The van der Waals surface area contributed by atoms with Crippen LogP contribution in [0.5, 0.6) is 0 Å². The number of aromatic carboxylic acids is 1. The van der Waals surface area contributed by atoms with Gasteiger partial charge in [-0.15, -0.1) is 0 Å². The van der Waals surface area contributed by atoms with E-state index in [1.807, 2.05) is 30.3 Å². The van der Waals surface area contributed by atoms with Crippen molar-refractivity contribution in [3.05, 3.63) is 78.5 Å². The monoisotopic (exact) mass is 369 g/mol. The first-order valence-electron chi connectivity index (χ1n) is 7.58. The van der Waals surface area contributed by atoms with Gasteiger partial charge in [-0.3, -0.25) is 4.72 Å². The summed E-state index contributed by atoms with van der Waals surface area (Å²) in [5.74, 6) is -0.544. The molecule has 0 atom stereocenters. The van der Waals surface area contributed by atoms with Crippen molar-refractivity contribution in [2.45, 2.75) is 4.90 Å². The zero-order valence-corrected chi connectivity index (χ0v) is 14.3. The second-order valence-electron chi connectivity index (χ2n) is 5.36. The van der Waals surface area contributed by atoms with Crippen LogP contribution in [0.1, 0.15) is 10.4 Å². The maximum atomic E-state index is 12.4. The van der Waals surface area contributed by atoms with Crippen molar-refractivity contribution in [2.24, 2.45) is 0 Å².